The second-order valence-corrected chi connectivity index (χ2v) is 5.37. The van der Waals surface area contributed by atoms with E-state index >= 15 is 0 Å². The predicted molar refractivity (Wildman–Crippen MR) is 75.7 cm³/mol. The zero-order chi connectivity index (χ0) is 14.0. The summed E-state index contributed by atoms with van der Waals surface area (Å²) in [6.07, 6.45) is 6.22. The van der Waals surface area contributed by atoms with Crippen LogP contribution in [0.25, 0.3) is 0 Å². The number of unbranched alkanes of at least 4 members (excludes halogenated alkanes) is 2. The third-order valence-electron chi connectivity index (χ3n) is 3.31. The van der Waals surface area contributed by atoms with Gasteiger partial charge in [0.25, 0.3) is 0 Å². The van der Waals surface area contributed by atoms with E-state index in [1.807, 2.05) is 0 Å². The van der Waals surface area contributed by atoms with E-state index in [4.69, 9.17) is 10.8 Å². The maximum absolute atomic E-state index is 10.9. The largest absolute Gasteiger partial charge is 0.480 e. The first-order valence-electron chi connectivity index (χ1n) is 7.18. The lowest BCUT2D eigenvalue weighted by Crippen LogP contribution is -2.45. The summed E-state index contributed by atoms with van der Waals surface area (Å²) in [5.41, 5.74) is 4.65. The van der Waals surface area contributed by atoms with Gasteiger partial charge in [-0.25, -0.2) is 0 Å². The van der Waals surface area contributed by atoms with Gasteiger partial charge in [-0.05, 0) is 52.2 Å². The SMILES string of the molecule is CCCCN(CCCC)CCCC(C)(N)C(=O)O. The van der Waals surface area contributed by atoms with Gasteiger partial charge < -0.3 is 15.7 Å². The van der Waals surface area contributed by atoms with E-state index in [9.17, 15) is 4.79 Å². The van der Waals surface area contributed by atoms with Crippen LogP contribution >= 0.6 is 0 Å². The van der Waals surface area contributed by atoms with Crippen LogP contribution in [0, 0.1) is 0 Å². The first-order chi connectivity index (χ1) is 8.44. The van der Waals surface area contributed by atoms with Crippen molar-refractivity contribution < 1.29 is 9.90 Å². The zero-order valence-electron chi connectivity index (χ0n) is 12.2. The Balaban J connectivity index is 3.97. The van der Waals surface area contributed by atoms with E-state index in [2.05, 4.69) is 18.7 Å². The summed E-state index contributed by atoms with van der Waals surface area (Å²) >= 11 is 0. The lowest BCUT2D eigenvalue weighted by Gasteiger charge is -2.24. The minimum atomic E-state index is -1.08. The highest BCUT2D eigenvalue weighted by Gasteiger charge is 2.27. The minimum absolute atomic E-state index is 0.539. The van der Waals surface area contributed by atoms with Crippen molar-refractivity contribution in [2.75, 3.05) is 19.6 Å². The van der Waals surface area contributed by atoms with Gasteiger partial charge in [0, 0.05) is 0 Å². The Morgan fingerprint density at radius 3 is 1.94 bits per heavy atom. The Morgan fingerprint density at radius 2 is 1.56 bits per heavy atom. The van der Waals surface area contributed by atoms with Gasteiger partial charge in [-0.2, -0.15) is 0 Å². The monoisotopic (exact) mass is 258 g/mol. The molecule has 0 rings (SSSR count). The van der Waals surface area contributed by atoms with Crippen LogP contribution in [0.4, 0.5) is 0 Å². The van der Waals surface area contributed by atoms with Gasteiger partial charge in [-0.15, -0.1) is 0 Å². The van der Waals surface area contributed by atoms with Crippen LogP contribution in [-0.4, -0.2) is 41.1 Å². The number of nitrogens with zero attached hydrogens (tertiary/aromatic N) is 1. The molecule has 0 saturated carbocycles. The molecule has 0 aromatic heterocycles. The van der Waals surface area contributed by atoms with Crippen LogP contribution in [0.5, 0.6) is 0 Å². The predicted octanol–water partition coefficient (Wildman–Crippen LogP) is 2.47. The molecule has 0 aliphatic heterocycles. The Morgan fingerprint density at radius 1 is 1.11 bits per heavy atom. The van der Waals surface area contributed by atoms with Gasteiger partial charge in [0.05, 0.1) is 0 Å². The molecule has 18 heavy (non-hydrogen) atoms. The third-order valence-corrected chi connectivity index (χ3v) is 3.31. The van der Waals surface area contributed by atoms with Crippen LogP contribution in [0.3, 0.4) is 0 Å². The molecule has 108 valence electrons. The van der Waals surface area contributed by atoms with Crippen molar-refractivity contribution in [3.63, 3.8) is 0 Å². The third kappa shape index (κ3) is 7.67. The molecule has 0 aliphatic carbocycles. The maximum atomic E-state index is 10.9. The van der Waals surface area contributed by atoms with Crippen LogP contribution < -0.4 is 5.73 Å². The fraction of sp³-hybridized carbons (Fsp3) is 0.929. The molecule has 0 fully saturated rings. The Kier molecular flexibility index (Phi) is 9.02. The Labute approximate surface area is 112 Å². The van der Waals surface area contributed by atoms with Crippen LogP contribution in [0.1, 0.15) is 59.3 Å². The molecule has 4 nitrogen and oxygen atoms in total. The van der Waals surface area contributed by atoms with E-state index in [1.165, 1.54) is 25.7 Å². The molecule has 4 heteroatoms. The molecule has 0 saturated heterocycles. The lowest BCUT2D eigenvalue weighted by atomic mass is 9.97. The molecular weight excluding hydrogens is 228 g/mol. The second-order valence-electron chi connectivity index (χ2n) is 5.37. The van der Waals surface area contributed by atoms with Crippen molar-refractivity contribution in [2.45, 2.75) is 64.8 Å². The van der Waals surface area contributed by atoms with Crippen molar-refractivity contribution in [1.29, 1.82) is 0 Å². The lowest BCUT2D eigenvalue weighted by molar-refractivity contribution is -0.142. The summed E-state index contributed by atoms with van der Waals surface area (Å²) in [4.78, 5) is 13.3. The molecule has 0 aromatic carbocycles. The fourth-order valence-electron chi connectivity index (χ4n) is 1.88. The second kappa shape index (κ2) is 9.34. The van der Waals surface area contributed by atoms with E-state index in [-0.39, 0.29) is 0 Å². The van der Waals surface area contributed by atoms with Crippen molar-refractivity contribution in [1.82, 2.24) is 4.90 Å². The number of carboxylic acid groups (broad SMARTS) is 1. The average Bonchev–Trinajstić information content (AvgIpc) is 2.31. The van der Waals surface area contributed by atoms with E-state index in [1.54, 1.807) is 6.92 Å². The summed E-state index contributed by atoms with van der Waals surface area (Å²) in [6, 6.07) is 0. The average molecular weight is 258 g/mol. The number of nitrogens with two attached hydrogens (primary N) is 1. The van der Waals surface area contributed by atoms with Crippen molar-refractivity contribution in [3.8, 4) is 0 Å². The number of hydrogen-bond donors (Lipinski definition) is 2. The summed E-state index contributed by atoms with van der Waals surface area (Å²) in [7, 11) is 0. The molecule has 0 amide bonds. The summed E-state index contributed by atoms with van der Waals surface area (Å²) in [5, 5.41) is 8.95. The number of carboxylic acids is 1. The van der Waals surface area contributed by atoms with Crippen LogP contribution in [0.2, 0.25) is 0 Å². The first-order valence-corrected chi connectivity index (χ1v) is 7.18. The van der Waals surface area contributed by atoms with Gasteiger partial charge >= 0.3 is 5.97 Å². The highest BCUT2D eigenvalue weighted by Crippen LogP contribution is 2.10. The molecule has 3 N–H and O–H groups in total. The Hall–Kier alpha value is -0.610. The quantitative estimate of drug-likeness (QED) is 0.597. The van der Waals surface area contributed by atoms with Crippen LogP contribution in [-0.2, 0) is 4.79 Å². The normalized spacial score (nSPS) is 14.7. The highest BCUT2D eigenvalue weighted by atomic mass is 16.4. The topological polar surface area (TPSA) is 66.6 Å². The molecule has 0 radical (unpaired) electrons. The van der Waals surface area contributed by atoms with Gasteiger partial charge in [-0.3, -0.25) is 4.79 Å². The molecule has 1 unspecified atom stereocenters. The Bertz CT molecular complexity index is 222. The number of rotatable bonds is 11. The van der Waals surface area contributed by atoms with Crippen molar-refractivity contribution in [3.05, 3.63) is 0 Å². The van der Waals surface area contributed by atoms with Gasteiger partial charge in [0.2, 0.25) is 0 Å². The molecule has 0 aliphatic rings. The standard InChI is InChI=1S/C14H30N2O2/c1-4-6-10-16(11-7-5-2)12-8-9-14(3,15)13(17)18/h4-12,15H2,1-3H3,(H,17,18). The molecule has 0 spiro atoms. The smallest absolute Gasteiger partial charge is 0.323 e. The molecule has 1 atom stereocenters. The molecular formula is C14H30N2O2. The number of aliphatic carboxylic acids is 1. The van der Waals surface area contributed by atoms with E-state index < -0.39 is 11.5 Å². The molecule has 0 aromatic rings. The summed E-state index contributed by atoms with van der Waals surface area (Å²) < 4.78 is 0. The van der Waals surface area contributed by atoms with Crippen LogP contribution in [0.15, 0.2) is 0 Å². The summed E-state index contributed by atoms with van der Waals surface area (Å²) in [5.74, 6) is -0.906. The van der Waals surface area contributed by atoms with Gasteiger partial charge in [0.15, 0.2) is 0 Å². The van der Waals surface area contributed by atoms with Gasteiger partial charge in [0.1, 0.15) is 5.54 Å². The molecule has 0 heterocycles. The van der Waals surface area contributed by atoms with Crippen molar-refractivity contribution in [2.24, 2.45) is 5.73 Å². The van der Waals surface area contributed by atoms with E-state index in [0.717, 1.165) is 26.1 Å². The zero-order valence-corrected chi connectivity index (χ0v) is 12.2. The van der Waals surface area contributed by atoms with E-state index in [0.29, 0.717) is 6.42 Å². The van der Waals surface area contributed by atoms with Gasteiger partial charge in [-0.1, -0.05) is 26.7 Å². The summed E-state index contributed by atoms with van der Waals surface area (Å²) in [6.45, 7) is 9.17. The number of hydrogen-bond acceptors (Lipinski definition) is 3. The molecule has 0 bridgehead atoms. The minimum Gasteiger partial charge on any atom is -0.480 e. The highest BCUT2D eigenvalue weighted by molar-refractivity contribution is 5.77. The number of carbonyl (C=O) groups is 1. The fourth-order valence-corrected chi connectivity index (χ4v) is 1.88. The first kappa shape index (κ1) is 17.4. The van der Waals surface area contributed by atoms with Crippen molar-refractivity contribution >= 4 is 5.97 Å². The maximum Gasteiger partial charge on any atom is 0.323 e.